The number of aromatic nitrogens is 2. The van der Waals surface area contributed by atoms with Crippen LogP contribution in [0.2, 0.25) is 0 Å². The zero-order chi connectivity index (χ0) is 18.8. The second-order valence-electron chi connectivity index (χ2n) is 8.01. The van der Waals surface area contributed by atoms with Crippen LogP contribution in [0.4, 0.5) is 17.5 Å². The van der Waals surface area contributed by atoms with Crippen LogP contribution >= 0.6 is 0 Å². The fraction of sp³-hybridized carbons (Fsp3) is 0.545. The summed E-state index contributed by atoms with van der Waals surface area (Å²) in [6, 6.07) is 9.25. The highest BCUT2D eigenvalue weighted by Gasteiger charge is 2.22. The maximum Gasteiger partial charge on any atom is 0.227 e. The number of benzene rings is 1. The van der Waals surface area contributed by atoms with Crippen molar-refractivity contribution in [3.05, 3.63) is 41.1 Å². The lowest BCUT2D eigenvalue weighted by atomic mass is 10.1. The first-order valence-electron chi connectivity index (χ1n) is 10.3. The Balaban J connectivity index is 1.44. The minimum absolute atomic E-state index is 0.577. The largest absolute Gasteiger partial charge is 0.368 e. The van der Waals surface area contributed by atoms with Crippen molar-refractivity contribution in [2.24, 2.45) is 0 Å². The summed E-state index contributed by atoms with van der Waals surface area (Å²) in [5, 5.41) is 3.62. The van der Waals surface area contributed by atoms with E-state index in [2.05, 4.69) is 60.2 Å². The molecule has 2 fully saturated rings. The van der Waals surface area contributed by atoms with Crippen molar-refractivity contribution in [1.29, 1.82) is 0 Å². The lowest BCUT2D eigenvalue weighted by molar-refractivity contribution is 0.637. The van der Waals surface area contributed by atoms with E-state index in [0.717, 1.165) is 43.6 Å². The van der Waals surface area contributed by atoms with E-state index >= 15 is 0 Å². The van der Waals surface area contributed by atoms with Gasteiger partial charge in [-0.2, -0.15) is 4.98 Å². The number of hydrogen-bond acceptors (Lipinski definition) is 5. The molecule has 1 aromatic carbocycles. The molecule has 0 spiro atoms. The molecule has 1 N–H and O–H groups in total. The molecule has 0 atom stereocenters. The molecule has 4 rings (SSSR count). The maximum atomic E-state index is 4.84. The SMILES string of the molecule is Cc1cc(NC2CCCC2)nc(N2CCN(c3cccc(C)c3C)CC2)n1. The lowest BCUT2D eigenvalue weighted by Gasteiger charge is -2.37. The summed E-state index contributed by atoms with van der Waals surface area (Å²) in [6.07, 6.45) is 5.17. The fourth-order valence-electron chi connectivity index (χ4n) is 4.27. The van der Waals surface area contributed by atoms with Crippen molar-refractivity contribution < 1.29 is 0 Å². The second kappa shape index (κ2) is 7.75. The minimum Gasteiger partial charge on any atom is -0.368 e. The molecule has 144 valence electrons. The van der Waals surface area contributed by atoms with Gasteiger partial charge in [0, 0.05) is 49.7 Å². The van der Waals surface area contributed by atoms with Crippen LogP contribution in [0.15, 0.2) is 24.3 Å². The van der Waals surface area contributed by atoms with Crippen molar-refractivity contribution >= 4 is 17.5 Å². The van der Waals surface area contributed by atoms with Crippen LogP contribution in [-0.4, -0.2) is 42.2 Å². The van der Waals surface area contributed by atoms with E-state index in [4.69, 9.17) is 9.97 Å². The van der Waals surface area contributed by atoms with Crippen molar-refractivity contribution in [3.63, 3.8) is 0 Å². The first-order chi connectivity index (χ1) is 13.1. The number of hydrogen-bond donors (Lipinski definition) is 1. The molecule has 1 aromatic heterocycles. The molecule has 1 saturated carbocycles. The van der Waals surface area contributed by atoms with Crippen LogP contribution in [0.1, 0.15) is 42.5 Å². The molecule has 0 amide bonds. The molecule has 1 aliphatic heterocycles. The van der Waals surface area contributed by atoms with Crippen molar-refractivity contribution in [3.8, 4) is 0 Å². The van der Waals surface area contributed by atoms with E-state index in [0.29, 0.717) is 6.04 Å². The molecule has 2 heterocycles. The van der Waals surface area contributed by atoms with Gasteiger partial charge in [-0.25, -0.2) is 4.98 Å². The van der Waals surface area contributed by atoms with Crippen LogP contribution in [0.25, 0.3) is 0 Å². The Kier molecular flexibility index (Phi) is 5.19. The molecule has 0 radical (unpaired) electrons. The van der Waals surface area contributed by atoms with Gasteiger partial charge in [0.2, 0.25) is 5.95 Å². The zero-order valence-electron chi connectivity index (χ0n) is 16.8. The summed E-state index contributed by atoms with van der Waals surface area (Å²) in [4.78, 5) is 14.4. The van der Waals surface area contributed by atoms with Gasteiger partial charge in [-0.3, -0.25) is 0 Å². The van der Waals surface area contributed by atoms with Crippen molar-refractivity contribution in [2.45, 2.75) is 52.5 Å². The zero-order valence-corrected chi connectivity index (χ0v) is 16.8. The summed E-state index contributed by atoms with van der Waals surface area (Å²) in [5.41, 5.74) is 5.15. The Morgan fingerprint density at radius 2 is 1.63 bits per heavy atom. The Hall–Kier alpha value is -2.30. The fourth-order valence-corrected chi connectivity index (χ4v) is 4.27. The van der Waals surface area contributed by atoms with Crippen LogP contribution in [0.3, 0.4) is 0 Å². The monoisotopic (exact) mass is 365 g/mol. The van der Waals surface area contributed by atoms with Crippen molar-refractivity contribution in [2.75, 3.05) is 41.3 Å². The summed E-state index contributed by atoms with van der Waals surface area (Å²) < 4.78 is 0. The van der Waals surface area contributed by atoms with Gasteiger partial charge in [0.1, 0.15) is 5.82 Å². The molecule has 5 heteroatoms. The van der Waals surface area contributed by atoms with Crippen LogP contribution in [0, 0.1) is 20.8 Å². The van der Waals surface area contributed by atoms with Crippen LogP contribution in [0.5, 0.6) is 0 Å². The molecule has 27 heavy (non-hydrogen) atoms. The highest BCUT2D eigenvalue weighted by molar-refractivity contribution is 5.57. The Labute approximate surface area is 162 Å². The minimum atomic E-state index is 0.577. The molecule has 5 nitrogen and oxygen atoms in total. The maximum absolute atomic E-state index is 4.84. The van der Waals surface area contributed by atoms with E-state index in [-0.39, 0.29) is 0 Å². The Morgan fingerprint density at radius 3 is 2.37 bits per heavy atom. The van der Waals surface area contributed by atoms with Gasteiger partial charge in [-0.05, 0) is 50.8 Å². The molecule has 0 bridgehead atoms. The normalized spacial score (nSPS) is 18.2. The topological polar surface area (TPSA) is 44.3 Å². The first kappa shape index (κ1) is 18.1. The predicted octanol–water partition coefficient (Wildman–Crippen LogP) is 4.08. The smallest absolute Gasteiger partial charge is 0.227 e. The molecular weight excluding hydrogens is 334 g/mol. The summed E-state index contributed by atoms with van der Waals surface area (Å²) in [7, 11) is 0. The summed E-state index contributed by atoms with van der Waals surface area (Å²) in [5.74, 6) is 1.86. The van der Waals surface area contributed by atoms with E-state index in [1.54, 1.807) is 0 Å². The Morgan fingerprint density at radius 1 is 0.926 bits per heavy atom. The third-order valence-electron chi connectivity index (χ3n) is 6.03. The quantitative estimate of drug-likeness (QED) is 0.884. The third kappa shape index (κ3) is 4.02. The van der Waals surface area contributed by atoms with Crippen LogP contribution in [-0.2, 0) is 0 Å². The Bertz CT molecular complexity index is 789. The number of aryl methyl sites for hydroxylation is 2. The van der Waals surface area contributed by atoms with Gasteiger partial charge < -0.3 is 15.1 Å². The van der Waals surface area contributed by atoms with Crippen molar-refractivity contribution in [1.82, 2.24) is 9.97 Å². The van der Waals surface area contributed by atoms with Gasteiger partial charge in [0.15, 0.2) is 0 Å². The number of nitrogens with zero attached hydrogens (tertiary/aromatic N) is 4. The predicted molar refractivity (Wildman–Crippen MR) is 113 cm³/mol. The van der Waals surface area contributed by atoms with Crippen LogP contribution < -0.4 is 15.1 Å². The van der Waals surface area contributed by atoms with E-state index < -0.39 is 0 Å². The molecule has 0 unspecified atom stereocenters. The second-order valence-corrected chi connectivity index (χ2v) is 8.01. The molecule has 1 saturated heterocycles. The number of piperazine rings is 1. The number of nitrogens with one attached hydrogen (secondary N) is 1. The third-order valence-corrected chi connectivity index (χ3v) is 6.03. The van der Waals surface area contributed by atoms with E-state index in [9.17, 15) is 0 Å². The average Bonchev–Trinajstić information content (AvgIpc) is 3.17. The molecular formula is C22H31N5. The summed E-state index contributed by atoms with van der Waals surface area (Å²) >= 11 is 0. The molecule has 2 aromatic rings. The van der Waals surface area contributed by atoms with E-state index in [1.807, 2.05) is 0 Å². The standard InChI is InChI=1S/C22H31N5/c1-16-7-6-10-20(18(16)3)26-11-13-27(14-12-26)22-23-17(2)15-21(25-22)24-19-8-4-5-9-19/h6-7,10,15,19H,4-5,8-9,11-14H2,1-3H3,(H,23,24,25). The lowest BCUT2D eigenvalue weighted by Crippen LogP contribution is -2.47. The van der Waals surface area contributed by atoms with Gasteiger partial charge >= 0.3 is 0 Å². The highest BCUT2D eigenvalue weighted by Crippen LogP contribution is 2.26. The molecule has 2 aliphatic rings. The van der Waals surface area contributed by atoms with Gasteiger partial charge in [-0.15, -0.1) is 0 Å². The van der Waals surface area contributed by atoms with E-state index in [1.165, 1.54) is 42.5 Å². The summed E-state index contributed by atoms with van der Waals surface area (Å²) in [6.45, 7) is 10.4. The number of anilines is 3. The average molecular weight is 366 g/mol. The first-order valence-corrected chi connectivity index (χ1v) is 10.3. The van der Waals surface area contributed by atoms with Gasteiger partial charge in [0.25, 0.3) is 0 Å². The number of rotatable bonds is 4. The molecule has 1 aliphatic carbocycles. The van der Waals surface area contributed by atoms with Gasteiger partial charge in [0.05, 0.1) is 0 Å². The highest BCUT2D eigenvalue weighted by atomic mass is 15.3. The van der Waals surface area contributed by atoms with Gasteiger partial charge in [-0.1, -0.05) is 25.0 Å².